The van der Waals surface area contributed by atoms with Crippen molar-refractivity contribution < 1.29 is 4.92 Å². The van der Waals surface area contributed by atoms with Crippen molar-refractivity contribution in [2.45, 2.75) is 32.6 Å². The number of nitrogen functional groups attached to an aromatic ring is 1. The Morgan fingerprint density at radius 2 is 2.18 bits per heavy atom. The standard InChI is InChI=1S/C15H14N4O2S/c1-8-12(19(20)21)6-13(22-8)14-9-4-2-3-5-11(9)18-15(17)10(14)7-16/h6H,2-5H2,1H3,(H2,17,18). The van der Waals surface area contributed by atoms with Crippen LogP contribution in [-0.2, 0) is 12.8 Å². The van der Waals surface area contributed by atoms with Gasteiger partial charge in [-0.3, -0.25) is 10.1 Å². The van der Waals surface area contributed by atoms with E-state index < -0.39 is 4.92 Å². The minimum Gasteiger partial charge on any atom is -0.383 e. The number of nitrogens with zero attached hydrogens (tertiary/aromatic N) is 3. The number of aryl methyl sites for hydroxylation is 2. The van der Waals surface area contributed by atoms with E-state index in [9.17, 15) is 15.4 Å². The number of hydrogen-bond donors (Lipinski definition) is 1. The molecule has 0 unspecified atom stereocenters. The molecule has 6 nitrogen and oxygen atoms in total. The Hall–Kier alpha value is -2.46. The Kier molecular flexibility index (Phi) is 3.54. The molecule has 0 fully saturated rings. The molecule has 2 aromatic heterocycles. The summed E-state index contributed by atoms with van der Waals surface area (Å²) in [5.74, 6) is 0.215. The summed E-state index contributed by atoms with van der Waals surface area (Å²) in [6, 6.07) is 3.67. The summed E-state index contributed by atoms with van der Waals surface area (Å²) in [4.78, 5) is 16.4. The second kappa shape index (κ2) is 5.39. The fourth-order valence-corrected chi connectivity index (χ4v) is 3.99. The highest BCUT2D eigenvalue weighted by atomic mass is 32.1. The predicted molar refractivity (Wildman–Crippen MR) is 84.7 cm³/mol. The maximum absolute atomic E-state index is 11.1. The molecule has 2 aromatic rings. The van der Waals surface area contributed by atoms with Gasteiger partial charge in [0.1, 0.15) is 17.5 Å². The number of hydrogen-bond acceptors (Lipinski definition) is 6. The molecule has 22 heavy (non-hydrogen) atoms. The van der Waals surface area contributed by atoms with Crippen LogP contribution >= 0.6 is 11.3 Å². The number of pyridine rings is 1. The Morgan fingerprint density at radius 3 is 2.82 bits per heavy atom. The van der Waals surface area contributed by atoms with E-state index in [0.717, 1.165) is 47.4 Å². The van der Waals surface area contributed by atoms with Crippen molar-refractivity contribution >= 4 is 22.8 Å². The van der Waals surface area contributed by atoms with Gasteiger partial charge in [-0.05, 0) is 38.2 Å². The van der Waals surface area contributed by atoms with Crippen LogP contribution in [0.2, 0.25) is 0 Å². The Balaban J connectivity index is 2.30. The number of nitro groups is 1. The summed E-state index contributed by atoms with van der Waals surface area (Å²) in [6.45, 7) is 1.72. The van der Waals surface area contributed by atoms with Crippen molar-refractivity contribution in [1.29, 1.82) is 5.26 Å². The molecule has 7 heteroatoms. The van der Waals surface area contributed by atoms with Crippen LogP contribution in [0.4, 0.5) is 11.5 Å². The Labute approximate surface area is 131 Å². The molecule has 2 heterocycles. The molecular weight excluding hydrogens is 300 g/mol. The van der Waals surface area contributed by atoms with E-state index >= 15 is 0 Å². The zero-order valence-electron chi connectivity index (χ0n) is 12.0. The van der Waals surface area contributed by atoms with E-state index in [4.69, 9.17) is 5.73 Å². The molecule has 0 saturated heterocycles. The van der Waals surface area contributed by atoms with Gasteiger partial charge in [0.25, 0.3) is 5.69 Å². The summed E-state index contributed by atoms with van der Waals surface area (Å²) >= 11 is 1.33. The molecule has 0 aliphatic heterocycles. The molecule has 0 saturated carbocycles. The third-order valence-electron chi connectivity index (χ3n) is 3.95. The molecular formula is C15H14N4O2S. The van der Waals surface area contributed by atoms with Crippen molar-refractivity contribution in [2.75, 3.05) is 5.73 Å². The summed E-state index contributed by atoms with van der Waals surface area (Å²) in [5, 5.41) is 20.5. The summed E-state index contributed by atoms with van der Waals surface area (Å²) in [7, 11) is 0. The lowest BCUT2D eigenvalue weighted by Crippen LogP contribution is -2.11. The highest BCUT2D eigenvalue weighted by Crippen LogP contribution is 2.42. The minimum absolute atomic E-state index is 0.0869. The second-order valence-corrected chi connectivity index (χ2v) is 6.56. The van der Waals surface area contributed by atoms with Gasteiger partial charge in [-0.25, -0.2) is 4.98 Å². The first-order valence-electron chi connectivity index (χ1n) is 6.99. The van der Waals surface area contributed by atoms with E-state index in [1.54, 1.807) is 13.0 Å². The fourth-order valence-electron chi connectivity index (χ4n) is 2.92. The fraction of sp³-hybridized carbons (Fsp3) is 0.333. The third-order valence-corrected chi connectivity index (χ3v) is 5.01. The maximum atomic E-state index is 11.1. The summed E-state index contributed by atoms with van der Waals surface area (Å²) < 4.78 is 0. The minimum atomic E-state index is -0.390. The molecule has 3 rings (SSSR count). The SMILES string of the molecule is Cc1sc(-c2c(C#N)c(N)nc3c2CCCC3)cc1[N+](=O)[O-]. The Bertz CT molecular complexity index is 820. The first-order valence-corrected chi connectivity index (χ1v) is 7.81. The van der Waals surface area contributed by atoms with E-state index in [-0.39, 0.29) is 11.5 Å². The molecule has 0 aromatic carbocycles. The first kappa shape index (κ1) is 14.5. The molecule has 112 valence electrons. The maximum Gasteiger partial charge on any atom is 0.283 e. The zero-order valence-corrected chi connectivity index (χ0v) is 12.9. The van der Waals surface area contributed by atoms with E-state index in [1.165, 1.54) is 11.3 Å². The van der Waals surface area contributed by atoms with Gasteiger partial charge in [0, 0.05) is 22.2 Å². The number of fused-ring (bicyclic) bond motifs is 1. The van der Waals surface area contributed by atoms with Crippen molar-refractivity contribution in [1.82, 2.24) is 4.98 Å². The van der Waals surface area contributed by atoms with Gasteiger partial charge in [-0.15, -0.1) is 11.3 Å². The van der Waals surface area contributed by atoms with Crippen LogP contribution in [0.3, 0.4) is 0 Å². The van der Waals surface area contributed by atoms with Crippen molar-refractivity contribution in [3.05, 3.63) is 37.9 Å². The lowest BCUT2D eigenvalue weighted by Gasteiger charge is -2.20. The lowest BCUT2D eigenvalue weighted by atomic mass is 9.89. The second-order valence-electron chi connectivity index (χ2n) is 5.30. The molecule has 0 amide bonds. The number of anilines is 1. The van der Waals surface area contributed by atoms with E-state index in [1.807, 2.05) is 0 Å². The van der Waals surface area contributed by atoms with Crippen LogP contribution in [0.5, 0.6) is 0 Å². The van der Waals surface area contributed by atoms with Crippen molar-refractivity contribution in [3.63, 3.8) is 0 Å². The smallest absolute Gasteiger partial charge is 0.283 e. The van der Waals surface area contributed by atoms with Gasteiger partial charge < -0.3 is 5.73 Å². The Morgan fingerprint density at radius 1 is 1.45 bits per heavy atom. The molecule has 2 N–H and O–H groups in total. The normalized spacial score (nSPS) is 13.5. The molecule has 0 bridgehead atoms. The van der Waals surface area contributed by atoms with Crippen LogP contribution in [0.1, 0.15) is 34.5 Å². The largest absolute Gasteiger partial charge is 0.383 e. The average molecular weight is 314 g/mol. The average Bonchev–Trinajstić information content (AvgIpc) is 2.87. The van der Waals surface area contributed by atoms with Gasteiger partial charge in [0.2, 0.25) is 0 Å². The van der Waals surface area contributed by atoms with E-state index in [0.29, 0.717) is 10.4 Å². The van der Waals surface area contributed by atoms with Gasteiger partial charge in [-0.2, -0.15) is 5.26 Å². The zero-order chi connectivity index (χ0) is 15.9. The number of aromatic nitrogens is 1. The molecule has 0 atom stereocenters. The lowest BCUT2D eigenvalue weighted by molar-refractivity contribution is -0.385. The summed E-state index contributed by atoms with van der Waals surface area (Å²) in [5.41, 5.74) is 9.04. The van der Waals surface area contributed by atoms with Crippen LogP contribution in [-0.4, -0.2) is 9.91 Å². The van der Waals surface area contributed by atoms with Crippen LogP contribution in [0, 0.1) is 28.4 Å². The molecule has 1 aliphatic carbocycles. The topological polar surface area (TPSA) is 106 Å². The van der Waals surface area contributed by atoms with Crippen molar-refractivity contribution in [2.24, 2.45) is 0 Å². The highest BCUT2D eigenvalue weighted by Gasteiger charge is 2.25. The number of nitrogens with two attached hydrogens (primary N) is 1. The quantitative estimate of drug-likeness (QED) is 0.675. The monoisotopic (exact) mass is 314 g/mol. The van der Waals surface area contributed by atoms with Crippen LogP contribution in [0.15, 0.2) is 6.07 Å². The van der Waals surface area contributed by atoms with E-state index in [2.05, 4.69) is 11.1 Å². The number of nitriles is 1. The first-order chi connectivity index (χ1) is 10.5. The van der Waals surface area contributed by atoms with Gasteiger partial charge in [0.05, 0.1) is 9.80 Å². The highest BCUT2D eigenvalue weighted by molar-refractivity contribution is 7.16. The van der Waals surface area contributed by atoms with Gasteiger partial charge in [-0.1, -0.05) is 0 Å². The third kappa shape index (κ3) is 2.22. The van der Waals surface area contributed by atoms with Crippen LogP contribution in [0.25, 0.3) is 10.4 Å². The molecule has 0 radical (unpaired) electrons. The number of rotatable bonds is 2. The molecule has 0 spiro atoms. The number of thiophene rings is 1. The van der Waals surface area contributed by atoms with Gasteiger partial charge >= 0.3 is 0 Å². The van der Waals surface area contributed by atoms with Crippen LogP contribution < -0.4 is 5.73 Å². The van der Waals surface area contributed by atoms with Gasteiger partial charge in [0.15, 0.2) is 0 Å². The molecule has 1 aliphatic rings. The summed E-state index contributed by atoms with van der Waals surface area (Å²) in [6.07, 6.45) is 3.75. The van der Waals surface area contributed by atoms with Crippen molar-refractivity contribution in [3.8, 4) is 16.5 Å². The predicted octanol–water partition coefficient (Wildman–Crippen LogP) is 3.36.